The number of carbonyl (C=O) groups is 3. The highest BCUT2D eigenvalue weighted by molar-refractivity contribution is 6.31. The SMILES string of the molecule is Cc1ccccc1CNC(=O)c1ccccc1NC(=O)[C@@H]1CC(=O)N(c2cccc(Cl)c2C)C1. The first-order chi connectivity index (χ1) is 16.3. The van der Waals surface area contributed by atoms with Gasteiger partial charge in [-0.3, -0.25) is 14.4 Å². The number of hydrogen-bond acceptors (Lipinski definition) is 3. The van der Waals surface area contributed by atoms with Crippen LogP contribution < -0.4 is 15.5 Å². The molecule has 1 aliphatic rings. The van der Waals surface area contributed by atoms with Crippen molar-refractivity contribution < 1.29 is 14.4 Å². The van der Waals surface area contributed by atoms with Gasteiger partial charge < -0.3 is 15.5 Å². The summed E-state index contributed by atoms with van der Waals surface area (Å²) in [7, 11) is 0. The molecule has 1 fully saturated rings. The van der Waals surface area contributed by atoms with Gasteiger partial charge >= 0.3 is 0 Å². The normalized spacial score (nSPS) is 15.3. The number of benzene rings is 3. The average molecular weight is 476 g/mol. The molecule has 34 heavy (non-hydrogen) atoms. The van der Waals surface area contributed by atoms with Gasteiger partial charge in [0, 0.05) is 30.2 Å². The number of aryl methyl sites for hydroxylation is 1. The summed E-state index contributed by atoms with van der Waals surface area (Å²) in [6.45, 7) is 4.49. The minimum atomic E-state index is -0.533. The Bertz CT molecular complexity index is 1260. The number of halogens is 1. The largest absolute Gasteiger partial charge is 0.348 e. The summed E-state index contributed by atoms with van der Waals surface area (Å²) in [5.74, 6) is -1.24. The van der Waals surface area contributed by atoms with Gasteiger partial charge in [0.05, 0.1) is 17.2 Å². The highest BCUT2D eigenvalue weighted by atomic mass is 35.5. The summed E-state index contributed by atoms with van der Waals surface area (Å²) in [5, 5.41) is 6.35. The van der Waals surface area contributed by atoms with E-state index in [0.717, 1.165) is 16.7 Å². The highest BCUT2D eigenvalue weighted by Gasteiger charge is 2.36. The fourth-order valence-corrected chi connectivity index (χ4v) is 4.28. The van der Waals surface area contributed by atoms with Crippen molar-refractivity contribution in [3.63, 3.8) is 0 Å². The predicted molar refractivity (Wildman–Crippen MR) is 134 cm³/mol. The third kappa shape index (κ3) is 4.97. The van der Waals surface area contributed by atoms with Crippen molar-refractivity contribution in [2.75, 3.05) is 16.8 Å². The molecule has 3 aromatic carbocycles. The maximum atomic E-state index is 13.0. The van der Waals surface area contributed by atoms with Crippen molar-refractivity contribution in [3.8, 4) is 0 Å². The Labute approximate surface area is 203 Å². The molecule has 1 atom stereocenters. The monoisotopic (exact) mass is 475 g/mol. The van der Waals surface area contributed by atoms with E-state index < -0.39 is 5.92 Å². The van der Waals surface area contributed by atoms with Gasteiger partial charge in [-0.05, 0) is 54.8 Å². The molecule has 0 aromatic heterocycles. The number of para-hydroxylation sites is 1. The van der Waals surface area contributed by atoms with Crippen LogP contribution in [0.5, 0.6) is 0 Å². The summed E-state index contributed by atoms with van der Waals surface area (Å²) in [6.07, 6.45) is 0.0967. The number of nitrogens with zero attached hydrogens (tertiary/aromatic N) is 1. The average Bonchev–Trinajstić information content (AvgIpc) is 3.22. The fourth-order valence-electron chi connectivity index (χ4n) is 4.11. The molecule has 0 saturated carbocycles. The van der Waals surface area contributed by atoms with Crippen molar-refractivity contribution in [2.24, 2.45) is 5.92 Å². The van der Waals surface area contributed by atoms with E-state index >= 15 is 0 Å². The third-order valence-electron chi connectivity index (χ3n) is 6.16. The molecule has 174 valence electrons. The topological polar surface area (TPSA) is 78.5 Å². The lowest BCUT2D eigenvalue weighted by Crippen LogP contribution is -2.30. The Morgan fingerprint density at radius 2 is 1.74 bits per heavy atom. The molecule has 0 aliphatic carbocycles. The van der Waals surface area contributed by atoms with E-state index in [4.69, 9.17) is 11.6 Å². The van der Waals surface area contributed by atoms with Crippen molar-refractivity contribution in [3.05, 3.63) is 94.0 Å². The maximum absolute atomic E-state index is 13.0. The number of nitrogens with one attached hydrogen (secondary N) is 2. The molecule has 3 amide bonds. The number of amides is 3. The minimum absolute atomic E-state index is 0.0967. The second-order valence-electron chi connectivity index (χ2n) is 8.43. The molecule has 0 unspecified atom stereocenters. The van der Waals surface area contributed by atoms with E-state index in [9.17, 15) is 14.4 Å². The van der Waals surface area contributed by atoms with Crippen molar-refractivity contribution in [1.82, 2.24) is 5.32 Å². The van der Waals surface area contributed by atoms with Crippen LogP contribution in [0.4, 0.5) is 11.4 Å². The molecular formula is C27H26ClN3O3. The molecule has 1 heterocycles. The number of carbonyl (C=O) groups excluding carboxylic acids is 3. The maximum Gasteiger partial charge on any atom is 0.253 e. The van der Waals surface area contributed by atoms with Crippen molar-refractivity contribution in [1.29, 1.82) is 0 Å². The van der Waals surface area contributed by atoms with E-state index in [1.165, 1.54) is 0 Å². The Kier molecular flexibility index (Phi) is 6.98. The second kappa shape index (κ2) is 10.1. The van der Waals surface area contributed by atoms with Crippen molar-refractivity contribution in [2.45, 2.75) is 26.8 Å². The van der Waals surface area contributed by atoms with E-state index in [1.807, 2.05) is 44.2 Å². The Morgan fingerprint density at radius 1 is 1.00 bits per heavy atom. The molecule has 1 aliphatic heterocycles. The molecular weight excluding hydrogens is 450 g/mol. The lowest BCUT2D eigenvalue weighted by molar-refractivity contribution is -0.122. The zero-order valence-corrected chi connectivity index (χ0v) is 19.9. The Morgan fingerprint density at radius 3 is 2.53 bits per heavy atom. The van der Waals surface area contributed by atoms with Crippen LogP contribution in [0.2, 0.25) is 5.02 Å². The van der Waals surface area contributed by atoms with Crippen LogP contribution in [-0.2, 0) is 16.1 Å². The van der Waals surface area contributed by atoms with Gasteiger partial charge in [-0.15, -0.1) is 0 Å². The van der Waals surface area contributed by atoms with Gasteiger partial charge in [0.15, 0.2) is 0 Å². The van der Waals surface area contributed by atoms with Gasteiger partial charge in [0.25, 0.3) is 5.91 Å². The van der Waals surface area contributed by atoms with Crippen LogP contribution in [0.1, 0.15) is 33.5 Å². The molecule has 7 heteroatoms. The molecule has 1 saturated heterocycles. The number of anilines is 2. The molecule has 2 N–H and O–H groups in total. The van der Waals surface area contributed by atoms with E-state index in [-0.39, 0.29) is 30.7 Å². The third-order valence-corrected chi connectivity index (χ3v) is 6.57. The van der Waals surface area contributed by atoms with Crippen LogP contribution in [-0.4, -0.2) is 24.3 Å². The molecule has 3 aromatic rings. The predicted octanol–water partition coefficient (Wildman–Crippen LogP) is 4.88. The van der Waals surface area contributed by atoms with Crippen LogP contribution in [0.15, 0.2) is 66.7 Å². The molecule has 0 spiro atoms. The minimum Gasteiger partial charge on any atom is -0.348 e. The van der Waals surface area contributed by atoms with Gasteiger partial charge in [0.1, 0.15) is 0 Å². The fraction of sp³-hybridized carbons (Fsp3) is 0.222. The number of rotatable bonds is 6. The summed E-state index contributed by atoms with van der Waals surface area (Å²) in [4.78, 5) is 40.2. The molecule has 4 rings (SSSR count). The Balaban J connectivity index is 1.45. The molecule has 0 radical (unpaired) electrons. The summed E-state index contributed by atoms with van der Waals surface area (Å²) in [6, 6.07) is 20.1. The molecule has 0 bridgehead atoms. The standard InChI is InChI=1S/C27H26ClN3O3/c1-17-8-3-4-9-19(17)15-29-27(34)21-10-5-6-12-23(21)30-26(33)20-14-25(32)31(16-20)24-13-7-11-22(28)18(24)2/h3-13,20H,14-16H2,1-2H3,(H,29,34)(H,30,33)/t20-/m1/s1. The quantitative estimate of drug-likeness (QED) is 0.533. The zero-order valence-electron chi connectivity index (χ0n) is 19.1. The van der Waals surface area contributed by atoms with Gasteiger partial charge in [-0.2, -0.15) is 0 Å². The van der Waals surface area contributed by atoms with Crippen LogP contribution >= 0.6 is 11.6 Å². The van der Waals surface area contributed by atoms with Crippen LogP contribution in [0.3, 0.4) is 0 Å². The van der Waals surface area contributed by atoms with Gasteiger partial charge in [-0.25, -0.2) is 0 Å². The molecule has 6 nitrogen and oxygen atoms in total. The first-order valence-corrected chi connectivity index (χ1v) is 11.5. The second-order valence-corrected chi connectivity index (χ2v) is 8.84. The first-order valence-electron chi connectivity index (χ1n) is 11.1. The van der Waals surface area contributed by atoms with E-state index in [0.29, 0.717) is 28.5 Å². The summed E-state index contributed by atoms with van der Waals surface area (Å²) in [5.41, 5.74) is 4.42. The van der Waals surface area contributed by atoms with Crippen LogP contribution in [0.25, 0.3) is 0 Å². The van der Waals surface area contributed by atoms with Crippen molar-refractivity contribution >= 4 is 40.7 Å². The van der Waals surface area contributed by atoms with Crippen LogP contribution in [0, 0.1) is 19.8 Å². The smallest absolute Gasteiger partial charge is 0.253 e. The summed E-state index contributed by atoms with van der Waals surface area (Å²) < 4.78 is 0. The summed E-state index contributed by atoms with van der Waals surface area (Å²) >= 11 is 6.21. The lowest BCUT2D eigenvalue weighted by atomic mass is 10.1. The van der Waals surface area contributed by atoms with Gasteiger partial charge in [-0.1, -0.05) is 54.1 Å². The van der Waals surface area contributed by atoms with E-state index in [1.54, 1.807) is 41.3 Å². The zero-order chi connectivity index (χ0) is 24.2. The first kappa shape index (κ1) is 23.5. The van der Waals surface area contributed by atoms with E-state index in [2.05, 4.69) is 10.6 Å². The lowest BCUT2D eigenvalue weighted by Gasteiger charge is -2.20. The number of hydrogen-bond donors (Lipinski definition) is 2. The Hall–Kier alpha value is -3.64. The highest BCUT2D eigenvalue weighted by Crippen LogP contribution is 2.32. The van der Waals surface area contributed by atoms with Gasteiger partial charge in [0.2, 0.25) is 11.8 Å².